The Morgan fingerprint density at radius 1 is 1.41 bits per heavy atom. The van der Waals surface area contributed by atoms with E-state index in [9.17, 15) is 4.79 Å². The third-order valence-electron chi connectivity index (χ3n) is 2.40. The number of aromatic hydroxyl groups is 1. The predicted molar refractivity (Wildman–Crippen MR) is 69.4 cm³/mol. The molecule has 1 atom stereocenters. The third-order valence-corrected chi connectivity index (χ3v) is 3.04. The summed E-state index contributed by atoms with van der Waals surface area (Å²) in [6.07, 6.45) is 2.56. The number of aliphatic carboxylic acids is 1. The Kier molecular flexibility index (Phi) is 5.86. The smallest absolute Gasteiger partial charge is 0.320 e. The van der Waals surface area contributed by atoms with Gasteiger partial charge in [0, 0.05) is 6.54 Å². The van der Waals surface area contributed by atoms with E-state index in [1.54, 1.807) is 36.0 Å². The maximum atomic E-state index is 11.0. The van der Waals surface area contributed by atoms with Crippen LogP contribution in [0.4, 0.5) is 0 Å². The van der Waals surface area contributed by atoms with Gasteiger partial charge in [-0.15, -0.1) is 0 Å². The van der Waals surface area contributed by atoms with Gasteiger partial charge >= 0.3 is 5.97 Å². The molecule has 0 saturated heterocycles. The lowest BCUT2D eigenvalue weighted by Gasteiger charge is -2.13. The van der Waals surface area contributed by atoms with Gasteiger partial charge in [0.15, 0.2) is 0 Å². The highest BCUT2D eigenvalue weighted by Crippen LogP contribution is 2.10. The summed E-state index contributed by atoms with van der Waals surface area (Å²) in [6.45, 7) is 0.492. The van der Waals surface area contributed by atoms with Gasteiger partial charge in [-0.3, -0.25) is 4.79 Å². The molecule has 0 aliphatic rings. The van der Waals surface area contributed by atoms with Crippen molar-refractivity contribution < 1.29 is 15.0 Å². The van der Waals surface area contributed by atoms with Crippen molar-refractivity contribution in [2.75, 3.05) is 12.0 Å². The maximum absolute atomic E-state index is 11.0. The Bertz CT molecular complexity index is 353. The molecule has 0 radical (unpaired) electrons. The molecule has 0 aliphatic heterocycles. The standard InChI is InChI=1S/C12H17NO3S/c1-17-7-6-11(12(15)16)13-8-9-2-4-10(14)5-3-9/h2-5,11,13-14H,6-8H2,1H3,(H,15,16). The Labute approximate surface area is 105 Å². The Morgan fingerprint density at radius 3 is 2.59 bits per heavy atom. The van der Waals surface area contributed by atoms with Crippen LogP contribution in [0.15, 0.2) is 24.3 Å². The minimum Gasteiger partial charge on any atom is -0.508 e. The summed E-state index contributed by atoms with van der Waals surface area (Å²) in [5.74, 6) is 0.211. The number of carboxylic acid groups (broad SMARTS) is 1. The molecule has 5 heteroatoms. The van der Waals surface area contributed by atoms with Gasteiger partial charge in [-0.2, -0.15) is 11.8 Å². The fourth-order valence-electron chi connectivity index (χ4n) is 1.40. The van der Waals surface area contributed by atoms with Crippen molar-refractivity contribution >= 4 is 17.7 Å². The number of benzene rings is 1. The van der Waals surface area contributed by atoms with Gasteiger partial charge in [-0.05, 0) is 36.1 Å². The van der Waals surface area contributed by atoms with Gasteiger partial charge in [0.2, 0.25) is 0 Å². The molecule has 1 unspecified atom stereocenters. The van der Waals surface area contributed by atoms with Crippen molar-refractivity contribution in [3.05, 3.63) is 29.8 Å². The van der Waals surface area contributed by atoms with E-state index in [0.717, 1.165) is 11.3 Å². The maximum Gasteiger partial charge on any atom is 0.320 e. The van der Waals surface area contributed by atoms with Crippen LogP contribution >= 0.6 is 11.8 Å². The summed E-state index contributed by atoms with van der Waals surface area (Å²) < 4.78 is 0. The van der Waals surface area contributed by atoms with E-state index in [2.05, 4.69) is 5.32 Å². The van der Waals surface area contributed by atoms with Crippen molar-refractivity contribution in [3.63, 3.8) is 0 Å². The number of thioether (sulfide) groups is 1. The lowest BCUT2D eigenvalue weighted by atomic mass is 10.2. The van der Waals surface area contributed by atoms with E-state index < -0.39 is 12.0 Å². The van der Waals surface area contributed by atoms with E-state index in [1.807, 2.05) is 6.26 Å². The molecule has 1 aromatic rings. The molecular weight excluding hydrogens is 238 g/mol. The summed E-state index contributed by atoms with van der Waals surface area (Å²) >= 11 is 1.63. The quantitative estimate of drug-likeness (QED) is 0.691. The molecule has 0 aliphatic carbocycles. The molecule has 4 nitrogen and oxygen atoms in total. The number of hydrogen-bond acceptors (Lipinski definition) is 4. The van der Waals surface area contributed by atoms with E-state index >= 15 is 0 Å². The average Bonchev–Trinajstić information content (AvgIpc) is 2.31. The second-order valence-electron chi connectivity index (χ2n) is 3.72. The zero-order chi connectivity index (χ0) is 12.7. The highest BCUT2D eigenvalue weighted by molar-refractivity contribution is 7.98. The van der Waals surface area contributed by atoms with Crippen LogP contribution in [0.2, 0.25) is 0 Å². The van der Waals surface area contributed by atoms with E-state index in [0.29, 0.717) is 13.0 Å². The van der Waals surface area contributed by atoms with Crippen LogP contribution < -0.4 is 5.32 Å². The Morgan fingerprint density at radius 2 is 2.06 bits per heavy atom. The molecule has 17 heavy (non-hydrogen) atoms. The van der Waals surface area contributed by atoms with Crippen LogP contribution in [0, 0.1) is 0 Å². The fourth-order valence-corrected chi connectivity index (χ4v) is 1.87. The highest BCUT2D eigenvalue weighted by atomic mass is 32.2. The Balaban J connectivity index is 2.45. The summed E-state index contributed by atoms with van der Waals surface area (Å²) in [7, 11) is 0. The van der Waals surface area contributed by atoms with Crippen LogP contribution in [-0.2, 0) is 11.3 Å². The third kappa shape index (κ3) is 5.10. The molecule has 0 fully saturated rings. The summed E-state index contributed by atoms with van der Waals surface area (Å²) in [4.78, 5) is 11.0. The second kappa shape index (κ2) is 7.19. The lowest BCUT2D eigenvalue weighted by molar-refractivity contribution is -0.139. The molecule has 1 aromatic carbocycles. The zero-order valence-corrected chi connectivity index (χ0v) is 10.5. The van der Waals surface area contributed by atoms with Crippen molar-refractivity contribution in [2.24, 2.45) is 0 Å². The van der Waals surface area contributed by atoms with Crippen LogP contribution in [0.1, 0.15) is 12.0 Å². The summed E-state index contributed by atoms with van der Waals surface area (Å²) in [6, 6.07) is 6.21. The summed E-state index contributed by atoms with van der Waals surface area (Å²) in [5, 5.41) is 21.1. The van der Waals surface area contributed by atoms with E-state index in [4.69, 9.17) is 10.2 Å². The van der Waals surface area contributed by atoms with Crippen molar-refractivity contribution in [1.29, 1.82) is 0 Å². The topological polar surface area (TPSA) is 69.6 Å². The monoisotopic (exact) mass is 255 g/mol. The van der Waals surface area contributed by atoms with Crippen LogP contribution in [0.25, 0.3) is 0 Å². The van der Waals surface area contributed by atoms with Crippen LogP contribution in [0.5, 0.6) is 5.75 Å². The zero-order valence-electron chi connectivity index (χ0n) is 9.72. The SMILES string of the molecule is CSCCC(NCc1ccc(O)cc1)C(=O)O. The molecule has 0 amide bonds. The minimum absolute atomic E-state index is 0.214. The molecule has 1 rings (SSSR count). The highest BCUT2D eigenvalue weighted by Gasteiger charge is 2.15. The largest absolute Gasteiger partial charge is 0.508 e. The van der Waals surface area contributed by atoms with Gasteiger partial charge in [0.05, 0.1) is 0 Å². The normalized spacial score (nSPS) is 12.3. The van der Waals surface area contributed by atoms with Crippen LogP contribution in [0.3, 0.4) is 0 Å². The van der Waals surface area contributed by atoms with Gasteiger partial charge in [-0.25, -0.2) is 0 Å². The van der Waals surface area contributed by atoms with Gasteiger partial charge in [-0.1, -0.05) is 12.1 Å². The predicted octanol–water partition coefficient (Wildman–Crippen LogP) is 1.69. The van der Waals surface area contributed by atoms with E-state index in [-0.39, 0.29) is 5.75 Å². The van der Waals surface area contributed by atoms with Gasteiger partial charge in [0.25, 0.3) is 0 Å². The first-order valence-electron chi connectivity index (χ1n) is 5.36. The van der Waals surface area contributed by atoms with Gasteiger partial charge in [0.1, 0.15) is 11.8 Å². The average molecular weight is 255 g/mol. The number of carbonyl (C=O) groups is 1. The molecule has 3 N–H and O–H groups in total. The van der Waals surface area contributed by atoms with Crippen molar-refractivity contribution in [2.45, 2.75) is 19.0 Å². The lowest BCUT2D eigenvalue weighted by Crippen LogP contribution is -2.36. The molecule has 0 bridgehead atoms. The number of hydrogen-bond donors (Lipinski definition) is 3. The molecule has 0 spiro atoms. The first kappa shape index (κ1) is 13.9. The van der Waals surface area contributed by atoms with Crippen LogP contribution in [-0.4, -0.2) is 34.2 Å². The number of rotatable bonds is 7. The number of carboxylic acids is 1. The summed E-state index contributed by atoms with van der Waals surface area (Å²) in [5.41, 5.74) is 0.957. The van der Waals surface area contributed by atoms with Crippen molar-refractivity contribution in [3.8, 4) is 5.75 Å². The second-order valence-corrected chi connectivity index (χ2v) is 4.71. The number of phenolic OH excluding ortho intramolecular Hbond substituents is 1. The first-order chi connectivity index (χ1) is 8.13. The molecule has 0 aromatic heterocycles. The minimum atomic E-state index is -0.821. The van der Waals surface area contributed by atoms with Crippen molar-refractivity contribution in [1.82, 2.24) is 5.32 Å². The number of phenols is 1. The van der Waals surface area contributed by atoms with Gasteiger partial charge < -0.3 is 15.5 Å². The Hall–Kier alpha value is -1.20. The molecule has 0 saturated carbocycles. The number of nitrogens with one attached hydrogen (secondary N) is 1. The molecular formula is C12H17NO3S. The first-order valence-corrected chi connectivity index (χ1v) is 6.76. The van der Waals surface area contributed by atoms with E-state index in [1.165, 1.54) is 0 Å². The molecule has 94 valence electrons. The molecule has 0 heterocycles. The fraction of sp³-hybridized carbons (Fsp3) is 0.417.